The normalized spacial score (nSPS) is 11.7. The van der Waals surface area contributed by atoms with Gasteiger partial charge in [0.2, 0.25) is 6.79 Å². The maximum atomic E-state index is 12.3. The van der Waals surface area contributed by atoms with Crippen LogP contribution in [0.2, 0.25) is 0 Å². The number of rotatable bonds is 9. The van der Waals surface area contributed by atoms with Crippen molar-refractivity contribution in [3.63, 3.8) is 0 Å². The molecule has 1 aliphatic heterocycles. The molecule has 0 radical (unpaired) electrons. The van der Waals surface area contributed by atoms with Crippen LogP contribution in [-0.2, 0) is 16.0 Å². The number of phenolic OH excluding ortho intramolecular Hbond substituents is 1. The number of fused-ring (bicyclic) bond motifs is 1. The van der Waals surface area contributed by atoms with Crippen LogP contribution in [0.1, 0.15) is 12.0 Å². The van der Waals surface area contributed by atoms with Crippen molar-refractivity contribution in [2.45, 2.75) is 12.8 Å². The average Bonchev–Trinajstić information content (AvgIpc) is 3.24. The predicted octanol–water partition coefficient (Wildman–Crippen LogP) is 4.60. The highest BCUT2D eigenvalue weighted by Gasteiger charge is 2.20. The van der Waals surface area contributed by atoms with Gasteiger partial charge in [-0.3, -0.25) is 15.6 Å². The first-order chi connectivity index (χ1) is 15.6. The summed E-state index contributed by atoms with van der Waals surface area (Å²) in [5, 5.41) is 11.9. The summed E-state index contributed by atoms with van der Waals surface area (Å²) in [6.45, 7) is 3.50. The Kier molecular flexibility index (Phi) is 6.31. The number of hydrogen-bond acceptors (Lipinski definition) is 8. The minimum Gasteiger partial charge on any atom is -0.506 e. The van der Waals surface area contributed by atoms with Gasteiger partial charge in [-0.15, -0.1) is 0 Å². The van der Waals surface area contributed by atoms with Crippen LogP contribution in [0.15, 0.2) is 79.6 Å². The lowest BCUT2D eigenvalue weighted by atomic mass is 10.1. The fourth-order valence-corrected chi connectivity index (χ4v) is 3.15. The zero-order valence-electron chi connectivity index (χ0n) is 17.3. The van der Waals surface area contributed by atoms with E-state index >= 15 is 0 Å². The van der Waals surface area contributed by atoms with Crippen LogP contribution >= 0.6 is 0 Å². The highest BCUT2D eigenvalue weighted by Crippen LogP contribution is 2.35. The van der Waals surface area contributed by atoms with E-state index in [2.05, 4.69) is 17.4 Å². The predicted molar refractivity (Wildman–Crippen MR) is 121 cm³/mol. The van der Waals surface area contributed by atoms with Crippen molar-refractivity contribution < 1.29 is 24.1 Å². The van der Waals surface area contributed by atoms with E-state index in [4.69, 9.17) is 14.2 Å². The van der Waals surface area contributed by atoms with Gasteiger partial charge < -0.3 is 19.3 Å². The number of esters is 1. The molecule has 3 aromatic carbocycles. The zero-order valence-corrected chi connectivity index (χ0v) is 17.3. The molecule has 1 aliphatic rings. The highest BCUT2D eigenvalue weighted by molar-refractivity contribution is 5.80. The van der Waals surface area contributed by atoms with Crippen molar-refractivity contribution in [2.75, 3.05) is 22.8 Å². The van der Waals surface area contributed by atoms with Crippen molar-refractivity contribution >= 4 is 23.0 Å². The number of aryl methyl sites for hydroxylation is 1. The number of nitrogens with one attached hydrogen (secondary N) is 2. The van der Waals surface area contributed by atoms with E-state index < -0.39 is 0 Å². The van der Waals surface area contributed by atoms with Crippen LogP contribution in [0.25, 0.3) is 0 Å². The molecule has 0 spiro atoms. The molecule has 0 aromatic heterocycles. The number of aromatic hydroxyl groups is 1. The number of phenols is 1. The van der Waals surface area contributed by atoms with Crippen LogP contribution in [0, 0.1) is 0 Å². The van der Waals surface area contributed by atoms with Gasteiger partial charge in [-0.2, -0.15) is 5.12 Å². The van der Waals surface area contributed by atoms with Gasteiger partial charge >= 0.3 is 5.97 Å². The molecular formula is C24H23N3O5. The van der Waals surface area contributed by atoms with Crippen LogP contribution in [0.5, 0.6) is 17.2 Å². The van der Waals surface area contributed by atoms with E-state index in [-0.39, 0.29) is 24.9 Å². The summed E-state index contributed by atoms with van der Waals surface area (Å²) in [5.41, 5.74) is 9.63. The first kappa shape index (κ1) is 20.9. The lowest BCUT2D eigenvalue weighted by Gasteiger charge is -2.20. The van der Waals surface area contributed by atoms with Gasteiger partial charge in [0.1, 0.15) is 22.9 Å². The number of ether oxygens (including phenoxy) is 3. The molecule has 0 unspecified atom stereocenters. The van der Waals surface area contributed by atoms with E-state index in [1.54, 1.807) is 41.5 Å². The molecule has 3 aromatic rings. The van der Waals surface area contributed by atoms with Gasteiger partial charge in [-0.25, -0.2) is 0 Å². The Hall–Kier alpha value is -4.33. The van der Waals surface area contributed by atoms with Gasteiger partial charge in [0, 0.05) is 6.42 Å². The van der Waals surface area contributed by atoms with Crippen molar-refractivity contribution in [1.82, 2.24) is 0 Å². The Morgan fingerprint density at radius 2 is 1.69 bits per heavy atom. The molecule has 8 nitrogen and oxygen atoms in total. The third-order valence-corrected chi connectivity index (χ3v) is 4.76. The topological polar surface area (TPSA) is 92.3 Å². The molecular weight excluding hydrogens is 410 g/mol. The standard InChI is InChI=1S/C24H23N3O5/c1-2-30-16-31-18-9-11-19(12-10-18)32-24(29)14-8-17-7-13-23(28)22(15-17)27-25-20-5-3-4-6-21(20)26-27/h2-7,9-13,15,25-26,28H,1,8,14,16H2. The van der Waals surface area contributed by atoms with Gasteiger partial charge in [0.25, 0.3) is 0 Å². The summed E-state index contributed by atoms with van der Waals surface area (Å²) in [6.07, 6.45) is 1.95. The molecule has 0 aliphatic carbocycles. The largest absolute Gasteiger partial charge is 0.506 e. The number of carbonyl (C=O) groups excluding carboxylic acids is 1. The number of anilines is 3. The van der Waals surface area contributed by atoms with Crippen LogP contribution in [0.4, 0.5) is 17.1 Å². The minimum atomic E-state index is -0.354. The van der Waals surface area contributed by atoms with Crippen LogP contribution in [0.3, 0.4) is 0 Å². The molecule has 0 amide bonds. The van der Waals surface area contributed by atoms with E-state index in [0.29, 0.717) is 23.6 Å². The van der Waals surface area contributed by atoms with Crippen molar-refractivity contribution in [2.24, 2.45) is 0 Å². The third-order valence-electron chi connectivity index (χ3n) is 4.76. The molecule has 4 rings (SSSR count). The Morgan fingerprint density at radius 1 is 1.00 bits per heavy atom. The summed E-state index contributed by atoms with van der Waals surface area (Å²) in [6, 6.07) is 19.6. The van der Waals surface area contributed by atoms with Crippen molar-refractivity contribution in [1.29, 1.82) is 0 Å². The third kappa shape index (κ3) is 5.04. The van der Waals surface area contributed by atoms with E-state index in [1.807, 2.05) is 30.3 Å². The van der Waals surface area contributed by atoms with Crippen molar-refractivity contribution in [3.8, 4) is 17.2 Å². The minimum absolute atomic E-state index is 0.0613. The molecule has 1 heterocycles. The summed E-state index contributed by atoms with van der Waals surface area (Å²) in [4.78, 5) is 12.3. The number of hydrogen-bond donors (Lipinski definition) is 3. The number of hydrazine groups is 2. The molecule has 0 bridgehead atoms. The van der Waals surface area contributed by atoms with Gasteiger partial charge in [-0.1, -0.05) is 24.8 Å². The van der Waals surface area contributed by atoms with Gasteiger partial charge in [0.05, 0.1) is 17.6 Å². The van der Waals surface area contributed by atoms with E-state index in [1.165, 1.54) is 6.26 Å². The van der Waals surface area contributed by atoms with Crippen molar-refractivity contribution in [3.05, 3.63) is 85.1 Å². The smallest absolute Gasteiger partial charge is 0.311 e. The number of carbonyl (C=O) groups is 1. The Morgan fingerprint density at radius 3 is 2.38 bits per heavy atom. The fraction of sp³-hybridized carbons (Fsp3) is 0.125. The number of para-hydroxylation sites is 2. The number of benzene rings is 3. The monoisotopic (exact) mass is 433 g/mol. The first-order valence-electron chi connectivity index (χ1n) is 10.0. The lowest BCUT2D eigenvalue weighted by Crippen LogP contribution is -2.29. The molecule has 164 valence electrons. The van der Waals surface area contributed by atoms with E-state index in [0.717, 1.165) is 16.9 Å². The zero-order chi connectivity index (χ0) is 22.3. The lowest BCUT2D eigenvalue weighted by molar-refractivity contribution is -0.134. The van der Waals surface area contributed by atoms with E-state index in [9.17, 15) is 9.90 Å². The average molecular weight is 433 g/mol. The summed E-state index contributed by atoms with van der Waals surface area (Å²) in [7, 11) is 0. The van der Waals surface area contributed by atoms with Gasteiger partial charge in [0.15, 0.2) is 0 Å². The molecule has 0 saturated carbocycles. The Labute approximate surface area is 185 Å². The van der Waals surface area contributed by atoms with Crippen LogP contribution in [-0.4, -0.2) is 17.9 Å². The molecule has 3 N–H and O–H groups in total. The summed E-state index contributed by atoms with van der Waals surface area (Å²) in [5.74, 6) is 0.786. The molecule has 32 heavy (non-hydrogen) atoms. The molecule has 0 saturated heterocycles. The molecule has 0 fully saturated rings. The second-order valence-electron chi connectivity index (χ2n) is 6.97. The second kappa shape index (κ2) is 9.65. The summed E-state index contributed by atoms with van der Waals surface area (Å²) >= 11 is 0. The van der Waals surface area contributed by atoms with Crippen LogP contribution < -0.4 is 25.4 Å². The molecule has 0 atom stereocenters. The quantitative estimate of drug-likeness (QED) is 0.148. The highest BCUT2D eigenvalue weighted by atomic mass is 16.7. The first-order valence-corrected chi connectivity index (χ1v) is 10.0. The maximum absolute atomic E-state index is 12.3. The number of nitrogens with zero attached hydrogens (tertiary/aromatic N) is 1. The summed E-state index contributed by atoms with van der Waals surface area (Å²) < 4.78 is 15.6. The molecule has 8 heteroatoms. The van der Waals surface area contributed by atoms with Gasteiger partial charge in [-0.05, 0) is 60.5 Å². The maximum Gasteiger partial charge on any atom is 0.311 e. The SMILES string of the molecule is C=COCOc1ccc(OC(=O)CCc2ccc(O)c(N3Nc4ccccc4N3)c2)cc1. The Bertz CT molecular complexity index is 1080. The Balaban J connectivity index is 1.31. The second-order valence-corrected chi connectivity index (χ2v) is 6.97. The fourth-order valence-electron chi connectivity index (χ4n) is 3.15.